The topological polar surface area (TPSA) is 21.3 Å². The summed E-state index contributed by atoms with van der Waals surface area (Å²) in [5.41, 5.74) is 3.53. The first-order valence-electron chi connectivity index (χ1n) is 6.75. The summed E-state index contributed by atoms with van der Waals surface area (Å²) in [7, 11) is 1.93. The van der Waals surface area contributed by atoms with Crippen LogP contribution in [0.1, 0.15) is 29.7 Å². The minimum absolute atomic E-state index is 0.276. The summed E-state index contributed by atoms with van der Waals surface area (Å²) < 4.78 is 5.79. The molecule has 2 aromatic rings. The van der Waals surface area contributed by atoms with Crippen LogP contribution in [0.2, 0.25) is 5.02 Å². The largest absolute Gasteiger partial charge is 0.487 e. The van der Waals surface area contributed by atoms with Gasteiger partial charge in [0.05, 0.1) is 5.02 Å². The second-order valence-electron chi connectivity index (χ2n) is 4.98. The van der Waals surface area contributed by atoms with E-state index in [0.29, 0.717) is 11.6 Å². The number of nitrogens with one attached hydrogen (secondary N) is 1. The Balaban J connectivity index is 2.07. The molecule has 0 amide bonds. The summed E-state index contributed by atoms with van der Waals surface area (Å²) in [5.74, 6) is 0.722. The number of ether oxygens (including phenoxy) is 1. The molecule has 2 aromatic carbocycles. The molecular formula is C17H20ClNO. The third-order valence-corrected chi connectivity index (χ3v) is 3.66. The van der Waals surface area contributed by atoms with Crippen LogP contribution in [0.5, 0.6) is 5.75 Å². The average molecular weight is 290 g/mol. The Morgan fingerprint density at radius 3 is 2.65 bits per heavy atom. The number of aryl methyl sites for hydroxylation is 1. The van der Waals surface area contributed by atoms with Crippen molar-refractivity contribution >= 4 is 11.6 Å². The van der Waals surface area contributed by atoms with Gasteiger partial charge in [-0.15, -0.1) is 0 Å². The predicted molar refractivity (Wildman–Crippen MR) is 84.4 cm³/mol. The molecule has 2 rings (SSSR count). The highest BCUT2D eigenvalue weighted by Crippen LogP contribution is 2.28. The van der Waals surface area contributed by atoms with Gasteiger partial charge in [-0.2, -0.15) is 0 Å². The van der Waals surface area contributed by atoms with Crippen molar-refractivity contribution in [1.82, 2.24) is 5.32 Å². The van der Waals surface area contributed by atoms with Crippen LogP contribution in [0.15, 0.2) is 42.5 Å². The van der Waals surface area contributed by atoms with Crippen LogP contribution >= 0.6 is 11.6 Å². The Hall–Kier alpha value is -1.51. The Labute approximate surface area is 125 Å². The zero-order valence-electron chi connectivity index (χ0n) is 12.1. The maximum absolute atomic E-state index is 6.28. The molecule has 0 spiro atoms. The molecule has 0 fully saturated rings. The molecule has 1 unspecified atom stereocenters. The number of hydrogen-bond donors (Lipinski definition) is 1. The lowest BCUT2D eigenvalue weighted by molar-refractivity contribution is 0.306. The zero-order chi connectivity index (χ0) is 14.5. The summed E-state index contributed by atoms with van der Waals surface area (Å²) in [5, 5.41) is 3.84. The van der Waals surface area contributed by atoms with Crippen LogP contribution < -0.4 is 10.1 Å². The van der Waals surface area contributed by atoms with Gasteiger partial charge < -0.3 is 10.1 Å². The molecule has 20 heavy (non-hydrogen) atoms. The summed E-state index contributed by atoms with van der Waals surface area (Å²) in [6, 6.07) is 14.5. The van der Waals surface area contributed by atoms with Gasteiger partial charge >= 0.3 is 0 Å². The van der Waals surface area contributed by atoms with Crippen molar-refractivity contribution in [1.29, 1.82) is 0 Å². The van der Waals surface area contributed by atoms with Gasteiger partial charge in [0, 0.05) is 6.04 Å². The molecule has 0 heterocycles. The second kappa shape index (κ2) is 6.78. The standard InChI is InChI=1S/C17H20ClNO/c1-12-5-4-6-14(9-12)11-20-17-8-7-15(10-16(17)18)13(2)19-3/h4-10,13,19H,11H2,1-3H3. The number of halogens is 1. The molecule has 0 radical (unpaired) electrons. The van der Waals surface area contributed by atoms with Crippen LogP contribution in [-0.2, 0) is 6.61 Å². The van der Waals surface area contributed by atoms with Crippen molar-refractivity contribution < 1.29 is 4.74 Å². The maximum Gasteiger partial charge on any atom is 0.138 e. The molecular weight excluding hydrogens is 270 g/mol. The van der Waals surface area contributed by atoms with Crippen molar-refractivity contribution in [2.45, 2.75) is 26.5 Å². The van der Waals surface area contributed by atoms with E-state index in [2.05, 4.69) is 37.4 Å². The highest BCUT2D eigenvalue weighted by Gasteiger charge is 2.07. The Morgan fingerprint density at radius 1 is 1.20 bits per heavy atom. The Bertz CT molecular complexity index is 583. The first-order chi connectivity index (χ1) is 9.60. The Kier molecular flexibility index (Phi) is 5.05. The van der Waals surface area contributed by atoms with Gasteiger partial charge in [-0.1, -0.05) is 47.5 Å². The van der Waals surface area contributed by atoms with Crippen molar-refractivity contribution in [2.24, 2.45) is 0 Å². The minimum Gasteiger partial charge on any atom is -0.487 e. The molecule has 0 saturated heterocycles. The fraction of sp³-hybridized carbons (Fsp3) is 0.294. The van der Waals surface area contributed by atoms with Gasteiger partial charge in [-0.3, -0.25) is 0 Å². The summed E-state index contributed by atoms with van der Waals surface area (Å²) in [6.45, 7) is 4.70. The highest BCUT2D eigenvalue weighted by molar-refractivity contribution is 6.32. The minimum atomic E-state index is 0.276. The fourth-order valence-corrected chi connectivity index (χ4v) is 2.28. The molecule has 0 bridgehead atoms. The van der Waals surface area contributed by atoms with E-state index in [9.17, 15) is 0 Å². The zero-order valence-corrected chi connectivity index (χ0v) is 12.9. The molecule has 2 nitrogen and oxygen atoms in total. The molecule has 0 aliphatic carbocycles. The van der Waals surface area contributed by atoms with E-state index in [-0.39, 0.29) is 6.04 Å². The monoisotopic (exact) mass is 289 g/mol. The van der Waals surface area contributed by atoms with E-state index >= 15 is 0 Å². The van der Waals surface area contributed by atoms with Gasteiger partial charge in [-0.25, -0.2) is 0 Å². The van der Waals surface area contributed by atoms with E-state index in [4.69, 9.17) is 16.3 Å². The molecule has 0 saturated carbocycles. The molecule has 0 aliphatic rings. The normalized spacial score (nSPS) is 12.2. The quantitative estimate of drug-likeness (QED) is 0.874. The number of hydrogen-bond acceptors (Lipinski definition) is 2. The van der Waals surface area contributed by atoms with Crippen LogP contribution in [0.25, 0.3) is 0 Å². The first kappa shape index (κ1) is 14.9. The van der Waals surface area contributed by atoms with Gasteiger partial charge in [0.15, 0.2) is 0 Å². The summed E-state index contributed by atoms with van der Waals surface area (Å²) in [4.78, 5) is 0. The van der Waals surface area contributed by atoms with E-state index in [1.165, 1.54) is 5.56 Å². The van der Waals surface area contributed by atoms with Crippen molar-refractivity contribution in [3.05, 3.63) is 64.2 Å². The predicted octanol–water partition coefficient (Wildman–Crippen LogP) is 4.51. The van der Waals surface area contributed by atoms with Crippen molar-refractivity contribution in [3.63, 3.8) is 0 Å². The second-order valence-corrected chi connectivity index (χ2v) is 5.39. The van der Waals surface area contributed by atoms with E-state index in [1.54, 1.807) is 0 Å². The summed E-state index contributed by atoms with van der Waals surface area (Å²) >= 11 is 6.28. The fourth-order valence-electron chi connectivity index (χ4n) is 2.03. The molecule has 0 aromatic heterocycles. The first-order valence-corrected chi connectivity index (χ1v) is 7.13. The average Bonchev–Trinajstić information content (AvgIpc) is 2.45. The Morgan fingerprint density at radius 2 is 2.00 bits per heavy atom. The van der Waals surface area contributed by atoms with Gasteiger partial charge in [-0.05, 0) is 44.2 Å². The summed E-state index contributed by atoms with van der Waals surface area (Å²) in [6.07, 6.45) is 0. The molecule has 106 valence electrons. The lowest BCUT2D eigenvalue weighted by Crippen LogP contribution is -2.12. The molecule has 1 N–H and O–H groups in total. The maximum atomic E-state index is 6.28. The van der Waals surface area contributed by atoms with Crippen LogP contribution in [-0.4, -0.2) is 7.05 Å². The third-order valence-electron chi connectivity index (χ3n) is 3.37. The highest BCUT2D eigenvalue weighted by atomic mass is 35.5. The van der Waals surface area contributed by atoms with Gasteiger partial charge in [0.2, 0.25) is 0 Å². The van der Waals surface area contributed by atoms with Gasteiger partial charge in [0.1, 0.15) is 12.4 Å². The van der Waals surface area contributed by atoms with Crippen LogP contribution in [0.4, 0.5) is 0 Å². The third kappa shape index (κ3) is 3.75. The number of rotatable bonds is 5. The van der Waals surface area contributed by atoms with Gasteiger partial charge in [0.25, 0.3) is 0 Å². The SMILES string of the molecule is CNC(C)c1ccc(OCc2cccc(C)c2)c(Cl)c1. The molecule has 3 heteroatoms. The van der Waals surface area contributed by atoms with E-state index < -0.39 is 0 Å². The van der Waals surface area contributed by atoms with Crippen LogP contribution in [0.3, 0.4) is 0 Å². The van der Waals surface area contributed by atoms with E-state index in [1.807, 2.05) is 31.3 Å². The van der Waals surface area contributed by atoms with Crippen molar-refractivity contribution in [3.8, 4) is 5.75 Å². The lowest BCUT2D eigenvalue weighted by atomic mass is 10.1. The lowest BCUT2D eigenvalue weighted by Gasteiger charge is -2.13. The number of benzene rings is 2. The molecule has 0 aliphatic heterocycles. The smallest absolute Gasteiger partial charge is 0.138 e. The molecule has 1 atom stereocenters. The van der Waals surface area contributed by atoms with Crippen molar-refractivity contribution in [2.75, 3.05) is 7.05 Å². The van der Waals surface area contributed by atoms with Crippen LogP contribution in [0, 0.1) is 6.92 Å². The van der Waals surface area contributed by atoms with E-state index in [0.717, 1.165) is 16.9 Å².